The van der Waals surface area contributed by atoms with Crippen molar-refractivity contribution in [1.82, 2.24) is 5.32 Å². The second kappa shape index (κ2) is 7.97. The molecule has 0 bridgehead atoms. The highest BCUT2D eigenvalue weighted by atomic mass is 32.2. The lowest BCUT2D eigenvalue weighted by atomic mass is 10.2. The lowest BCUT2D eigenvalue weighted by Gasteiger charge is -2.09. The van der Waals surface area contributed by atoms with Crippen molar-refractivity contribution in [3.63, 3.8) is 0 Å². The van der Waals surface area contributed by atoms with Gasteiger partial charge in [0.1, 0.15) is 16.8 Å². The summed E-state index contributed by atoms with van der Waals surface area (Å²) in [6.07, 6.45) is 1.64. The van der Waals surface area contributed by atoms with Gasteiger partial charge in [-0.2, -0.15) is 5.26 Å². The molecule has 0 unspecified atom stereocenters. The van der Waals surface area contributed by atoms with E-state index in [9.17, 15) is 9.59 Å². The van der Waals surface area contributed by atoms with E-state index in [1.807, 2.05) is 0 Å². The third kappa shape index (κ3) is 4.26. The highest BCUT2D eigenvalue weighted by Gasteiger charge is 2.18. The first-order valence-corrected chi connectivity index (χ1v) is 7.02. The molecule has 1 rings (SSSR count). The SMILES string of the molecule is COC(=O)/C(C#N)=C(/NC(=O)c1ccc(OC)cc1)SC. The van der Waals surface area contributed by atoms with Crippen molar-refractivity contribution in [2.75, 3.05) is 20.5 Å². The van der Waals surface area contributed by atoms with E-state index >= 15 is 0 Å². The summed E-state index contributed by atoms with van der Waals surface area (Å²) in [4.78, 5) is 23.5. The summed E-state index contributed by atoms with van der Waals surface area (Å²) in [5, 5.41) is 11.7. The fraction of sp³-hybridized carbons (Fsp3) is 0.214. The van der Waals surface area contributed by atoms with Crippen molar-refractivity contribution in [1.29, 1.82) is 5.26 Å². The predicted octanol–water partition coefficient (Wildman–Crippen LogP) is 1.70. The maximum absolute atomic E-state index is 12.1. The number of carbonyl (C=O) groups is 2. The average Bonchev–Trinajstić information content (AvgIpc) is 2.53. The second-order valence-electron chi connectivity index (χ2n) is 3.69. The highest BCUT2D eigenvalue weighted by Crippen LogP contribution is 2.17. The van der Waals surface area contributed by atoms with Gasteiger partial charge in [-0.25, -0.2) is 4.79 Å². The summed E-state index contributed by atoms with van der Waals surface area (Å²) >= 11 is 1.08. The van der Waals surface area contributed by atoms with Crippen LogP contribution in [0.5, 0.6) is 5.75 Å². The number of hydrogen-bond acceptors (Lipinski definition) is 6. The Morgan fingerprint density at radius 3 is 2.29 bits per heavy atom. The van der Waals surface area contributed by atoms with Crippen molar-refractivity contribution in [2.24, 2.45) is 0 Å². The Labute approximate surface area is 126 Å². The molecule has 1 aromatic rings. The zero-order valence-corrected chi connectivity index (χ0v) is 12.6. The van der Waals surface area contributed by atoms with Gasteiger partial charge in [0.15, 0.2) is 5.57 Å². The molecule has 0 aliphatic rings. The van der Waals surface area contributed by atoms with Crippen molar-refractivity contribution in [2.45, 2.75) is 0 Å². The third-order valence-corrected chi connectivity index (χ3v) is 3.23. The van der Waals surface area contributed by atoms with Crippen LogP contribution >= 0.6 is 11.8 Å². The van der Waals surface area contributed by atoms with Crippen LogP contribution in [0.1, 0.15) is 10.4 Å². The molecule has 0 atom stereocenters. The number of amides is 1. The Balaban J connectivity index is 3.00. The zero-order valence-electron chi connectivity index (χ0n) is 11.8. The maximum Gasteiger partial charge on any atom is 0.351 e. The number of rotatable bonds is 5. The molecule has 0 fully saturated rings. The van der Waals surface area contributed by atoms with Crippen LogP contribution in [0.25, 0.3) is 0 Å². The van der Waals surface area contributed by atoms with Gasteiger partial charge in [0.05, 0.1) is 14.2 Å². The molecule has 1 N–H and O–H groups in total. The van der Waals surface area contributed by atoms with Crippen LogP contribution in [0, 0.1) is 11.3 Å². The Bertz CT molecular complexity index is 602. The van der Waals surface area contributed by atoms with Gasteiger partial charge >= 0.3 is 5.97 Å². The Hall–Kier alpha value is -2.46. The predicted molar refractivity (Wildman–Crippen MR) is 78.6 cm³/mol. The molecule has 110 valence electrons. The number of thioether (sulfide) groups is 1. The maximum atomic E-state index is 12.1. The Morgan fingerprint density at radius 1 is 1.24 bits per heavy atom. The number of ether oxygens (including phenoxy) is 2. The molecule has 0 aliphatic heterocycles. The molecular formula is C14H14N2O4S. The van der Waals surface area contributed by atoms with Crippen LogP contribution in [-0.4, -0.2) is 32.4 Å². The fourth-order valence-electron chi connectivity index (χ4n) is 1.42. The molecular weight excluding hydrogens is 292 g/mol. The normalized spacial score (nSPS) is 11.0. The number of nitrogens with one attached hydrogen (secondary N) is 1. The minimum Gasteiger partial charge on any atom is -0.497 e. The molecule has 1 amide bonds. The number of hydrogen-bond donors (Lipinski definition) is 1. The van der Waals surface area contributed by atoms with Crippen LogP contribution in [0.4, 0.5) is 0 Å². The summed E-state index contributed by atoms with van der Waals surface area (Å²) in [6.45, 7) is 0. The van der Waals surface area contributed by atoms with Crippen molar-refractivity contribution >= 4 is 23.6 Å². The molecule has 21 heavy (non-hydrogen) atoms. The largest absolute Gasteiger partial charge is 0.497 e. The zero-order chi connectivity index (χ0) is 15.8. The highest BCUT2D eigenvalue weighted by molar-refractivity contribution is 8.02. The number of nitriles is 1. The number of methoxy groups -OCH3 is 2. The number of carbonyl (C=O) groups excluding carboxylic acids is 2. The quantitative estimate of drug-likeness (QED) is 0.506. The molecule has 1 aromatic carbocycles. The smallest absolute Gasteiger partial charge is 0.351 e. The van der Waals surface area contributed by atoms with Crippen molar-refractivity contribution in [3.8, 4) is 11.8 Å². The van der Waals surface area contributed by atoms with Gasteiger partial charge in [-0.15, -0.1) is 11.8 Å². The van der Waals surface area contributed by atoms with Crippen LogP contribution < -0.4 is 10.1 Å². The first-order valence-electron chi connectivity index (χ1n) is 5.79. The van der Waals surface area contributed by atoms with Gasteiger partial charge in [0.25, 0.3) is 5.91 Å². The molecule has 7 heteroatoms. The minimum atomic E-state index is -0.795. The molecule has 0 saturated heterocycles. The summed E-state index contributed by atoms with van der Waals surface area (Å²) < 4.78 is 9.51. The molecule has 0 spiro atoms. The van der Waals surface area contributed by atoms with Crippen LogP contribution in [0.15, 0.2) is 34.9 Å². The Morgan fingerprint density at radius 2 is 1.86 bits per heavy atom. The summed E-state index contributed by atoms with van der Waals surface area (Å²) in [5.41, 5.74) is 0.136. The molecule has 0 aliphatic carbocycles. The number of nitrogens with zero attached hydrogens (tertiary/aromatic N) is 1. The number of esters is 1. The van der Waals surface area contributed by atoms with E-state index in [0.29, 0.717) is 11.3 Å². The molecule has 0 aromatic heterocycles. The van der Waals surface area contributed by atoms with Crippen LogP contribution in [0.3, 0.4) is 0 Å². The van der Waals surface area contributed by atoms with Gasteiger partial charge in [0.2, 0.25) is 0 Å². The van der Waals surface area contributed by atoms with E-state index in [2.05, 4.69) is 10.1 Å². The molecule has 0 saturated carbocycles. The van der Waals surface area contributed by atoms with Gasteiger partial charge in [-0.05, 0) is 30.5 Å². The Kier molecular flexibility index (Phi) is 6.30. The van der Waals surface area contributed by atoms with E-state index in [0.717, 1.165) is 11.8 Å². The van der Waals surface area contributed by atoms with Gasteiger partial charge in [-0.3, -0.25) is 4.79 Å². The lowest BCUT2D eigenvalue weighted by molar-refractivity contribution is -0.135. The van der Waals surface area contributed by atoms with Gasteiger partial charge in [0, 0.05) is 5.56 Å². The standard InChI is InChI=1S/C14H14N2O4S/c1-19-10-6-4-9(5-7-10)12(17)16-13(21-3)11(8-15)14(18)20-2/h4-7H,1-3H3,(H,16,17)/b13-11-. The second-order valence-corrected chi connectivity index (χ2v) is 4.51. The van der Waals surface area contributed by atoms with Crippen LogP contribution in [-0.2, 0) is 9.53 Å². The van der Waals surface area contributed by atoms with E-state index < -0.39 is 11.9 Å². The molecule has 6 nitrogen and oxygen atoms in total. The third-order valence-electron chi connectivity index (χ3n) is 2.51. The first kappa shape index (κ1) is 16.6. The summed E-state index contributed by atoms with van der Waals surface area (Å²) in [6, 6.07) is 8.17. The van der Waals surface area contributed by atoms with E-state index in [1.54, 1.807) is 36.6 Å². The summed E-state index contributed by atoms with van der Waals surface area (Å²) in [7, 11) is 2.70. The monoisotopic (exact) mass is 306 g/mol. The van der Waals surface area contributed by atoms with E-state index in [-0.39, 0.29) is 10.6 Å². The fourth-order valence-corrected chi connectivity index (χ4v) is 1.95. The molecule has 0 radical (unpaired) electrons. The van der Waals surface area contributed by atoms with Crippen molar-refractivity contribution in [3.05, 3.63) is 40.4 Å². The first-order chi connectivity index (χ1) is 10.1. The average molecular weight is 306 g/mol. The minimum absolute atomic E-state index is 0.144. The van der Waals surface area contributed by atoms with E-state index in [1.165, 1.54) is 14.2 Å². The van der Waals surface area contributed by atoms with Gasteiger partial charge in [-0.1, -0.05) is 0 Å². The van der Waals surface area contributed by atoms with Crippen LogP contribution in [0.2, 0.25) is 0 Å². The van der Waals surface area contributed by atoms with Crippen molar-refractivity contribution < 1.29 is 19.1 Å². The van der Waals surface area contributed by atoms with E-state index in [4.69, 9.17) is 10.00 Å². The summed E-state index contributed by atoms with van der Waals surface area (Å²) in [5.74, 6) is -0.602. The lowest BCUT2D eigenvalue weighted by Crippen LogP contribution is -2.24. The number of benzene rings is 1. The topological polar surface area (TPSA) is 88.4 Å². The van der Waals surface area contributed by atoms with Gasteiger partial charge < -0.3 is 14.8 Å². The molecule has 0 heterocycles.